The quantitative estimate of drug-likeness (QED) is 0.538. The molecule has 1 aromatic heterocycles. The van der Waals surface area contributed by atoms with Crippen molar-refractivity contribution in [3.05, 3.63) is 16.7 Å². The Kier molecular flexibility index (Phi) is 3.78. The lowest BCUT2D eigenvalue weighted by atomic mass is 10.1. The number of hydrogen-bond donors (Lipinski definition) is 0. The molecule has 0 aromatic carbocycles. The molecule has 0 spiro atoms. The normalized spacial score (nSPS) is 13.7. The molecule has 1 atom stereocenters. The van der Waals surface area contributed by atoms with Gasteiger partial charge in [-0.15, -0.1) is 0 Å². The molecule has 0 radical (unpaired) electrons. The average Bonchev–Trinajstić information content (AvgIpc) is 2.40. The van der Waals surface area contributed by atoms with E-state index in [0.717, 1.165) is 5.69 Å². The Labute approximate surface area is 106 Å². The van der Waals surface area contributed by atoms with Crippen LogP contribution in [0.3, 0.4) is 0 Å². The molecule has 0 N–H and O–H groups in total. The first-order valence-corrected chi connectivity index (χ1v) is 5.78. The van der Waals surface area contributed by atoms with Crippen molar-refractivity contribution in [3.63, 3.8) is 0 Å². The van der Waals surface area contributed by atoms with Crippen molar-refractivity contribution in [1.82, 2.24) is 9.13 Å². The highest BCUT2D eigenvalue weighted by atomic mass is 32.1. The van der Waals surface area contributed by atoms with Gasteiger partial charge in [0, 0.05) is 32.4 Å². The number of carbonyl (C=O) groups is 1. The Morgan fingerprint density at radius 3 is 2.29 bits per heavy atom. The van der Waals surface area contributed by atoms with Crippen molar-refractivity contribution in [3.8, 4) is 0 Å². The number of aryl methyl sites for hydroxylation is 1. The van der Waals surface area contributed by atoms with Crippen molar-refractivity contribution in [2.75, 3.05) is 21.1 Å². The third-order valence-corrected chi connectivity index (χ3v) is 3.53. The second-order valence-electron chi connectivity index (χ2n) is 5.23. The first-order chi connectivity index (χ1) is 7.64. The highest BCUT2D eigenvalue weighted by Gasteiger charge is 2.26. The maximum Gasteiger partial charge on any atom is 0.179 e. The van der Waals surface area contributed by atoms with Crippen LogP contribution in [0, 0.1) is 4.77 Å². The highest BCUT2D eigenvalue weighted by molar-refractivity contribution is 7.71. The number of carbonyl (C=O) groups excluding carboxylic acids is 1. The molecular formula is C11H19N3O2S. The van der Waals surface area contributed by atoms with Gasteiger partial charge in [-0.25, -0.2) is 0 Å². The summed E-state index contributed by atoms with van der Waals surface area (Å²) >= 11 is 5.19. The molecule has 0 unspecified atom stereocenters. The maximum absolute atomic E-state index is 11.2. The van der Waals surface area contributed by atoms with Crippen LogP contribution in [0.4, 0.5) is 0 Å². The van der Waals surface area contributed by atoms with E-state index in [0.29, 0.717) is 15.7 Å². The fraction of sp³-hybridized carbons (Fsp3) is 0.636. The van der Waals surface area contributed by atoms with Crippen molar-refractivity contribution < 1.29 is 14.4 Å². The number of quaternary nitrogens is 1. The summed E-state index contributed by atoms with van der Waals surface area (Å²) in [6, 6.07) is -0.585. The molecule has 0 aliphatic rings. The molecule has 6 heteroatoms. The number of aliphatic carboxylic acids is 1. The molecule has 0 amide bonds. The van der Waals surface area contributed by atoms with E-state index in [1.54, 1.807) is 0 Å². The first-order valence-electron chi connectivity index (χ1n) is 5.37. The largest absolute Gasteiger partial charge is 0.544 e. The van der Waals surface area contributed by atoms with E-state index in [1.165, 1.54) is 0 Å². The van der Waals surface area contributed by atoms with Gasteiger partial charge in [-0.3, -0.25) is 0 Å². The van der Waals surface area contributed by atoms with Crippen LogP contribution in [-0.4, -0.2) is 46.8 Å². The number of carboxylic acid groups (broad SMARTS) is 1. The Hall–Kier alpha value is -1.14. The van der Waals surface area contributed by atoms with Crippen LogP contribution in [0.15, 0.2) is 6.20 Å². The van der Waals surface area contributed by atoms with Gasteiger partial charge >= 0.3 is 0 Å². The zero-order valence-electron chi connectivity index (χ0n) is 10.9. The van der Waals surface area contributed by atoms with Crippen LogP contribution >= 0.6 is 12.2 Å². The SMILES string of the molecule is Cn1cc(C[C@@H](C(=O)[O-])[N+](C)(C)C)n(C)c1=S. The molecule has 0 bridgehead atoms. The van der Waals surface area contributed by atoms with Gasteiger partial charge in [-0.05, 0) is 12.2 Å². The van der Waals surface area contributed by atoms with Crippen LogP contribution in [-0.2, 0) is 25.3 Å². The predicted octanol–water partition coefficient (Wildman–Crippen LogP) is -0.540. The third kappa shape index (κ3) is 2.95. The summed E-state index contributed by atoms with van der Waals surface area (Å²) in [4.78, 5) is 11.2. The lowest BCUT2D eigenvalue weighted by Crippen LogP contribution is -2.56. The fourth-order valence-corrected chi connectivity index (χ4v) is 1.96. The van der Waals surface area contributed by atoms with E-state index < -0.39 is 12.0 Å². The second kappa shape index (κ2) is 4.62. The summed E-state index contributed by atoms with van der Waals surface area (Å²) in [5.41, 5.74) is 0.903. The minimum Gasteiger partial charge on any atom is -0.544 e. The van der Waals surface area contributed by atoms with Gasteiger partial charge in [-0.2, -0.15) is 0 Å². The minimum absolute atomic E-state index is 0.323. The standard InChI is InChI=1S/C11H19N3O2S/c1-12-7-8(13(2)11(12)17)6-9(10(15)16)14(3,4)5/h7,9H,6H2,1-5H3/t9-/m0/s1. The van der Waals surface area contributed by atoms with Gasteiger partial charge in [0.25, 0.3) is 0 Å². The molecule has 1 rings (SSSR count). The average molecular weight is 257 g/mol. The van der Waals surface area contributed by atoms with Gasteiger partial charge in [0.1, 0.15) is 6.04 Å². The molecular weight excluding hydrogens is 238 g/mol. The summed E-state index contributed by atoms with van der Waals surface area (Å²) in [5, 5.41) is 11.2. The predicted molar refractivity (Wildman–Crippen MR) is 65.7 cm³/mol. The van der Waals surface area contributed by atoms with Crippen LogP contribution in [0.5, 0.6) is 0 Å². The van der Waals surface area contributed by atoms with Crippen molar-refractivity contribution in [2.24, 2.45) is 14.1 Å². The Bertz CT molecular complexity index is 482. The number of imidazole rings is 1. The summed E-state index contributed by atoms with van der Waals surface area (Å²) in [5.74, 6) is -1.03. The molecule has 0 saturated heterocycles. The maximum atomic E-state index is 11.2. The highest BCUT2D eigenvalue weighted by Crippen LogP contribution is 2.12. The molecule has 1 aromatic rings. The second-order valence-corrected chi connectivity index (χ2v) is 5.59. The topological polar surface area (TPSA) is 50.0 Å². The van der Waals surface area contributed by atoms with E-state index in [9.17, 15) is 9.90 Å². The van der Waals surface area contributed by atoms with Crippen LogP contribution in [0.2, 0.25) is 0 Å². The summed E-state index contributed by atoms with van der Waals surface area (Å²) < 4.78 is 4.65. The van der Waals surface area contributed by atoms with E-state index in [1.807, 2.05) is 50.6 Å². The van der Waals surface area contributed by atoms with E-state index in [2.05, 4.69) is 0 Å². The van der Waals surface area contributed by atoms with Crippen LogP contribution in [0.25, 0.3) is 0 Å². The molecule has 0 fully saturated rings. The number of nitrogens with zero attached hydrogens (tertiary/aromatic N) is 3. The third-order valence-electron chi connectivity index (χ3n) is 2.97. The van der Waals surface area contributed by atoms with E-state index >= 15 is 0 Å². The molecule has 0 aliphatic heterocycles. The first kappa shape index (κ1) is 13.9. The molecule has 96 valence electrons. The van der Waals surface area contributed by atoms with Gasteiger partial charge < -0.3 is 23.5 Å². The number of hydrogen-bond acceptors (Lipinski definition) is 3. The summed E-state index contributed by atoms with van der Waals surface area (Å²) in [6.45, 7) is 0. The molecule has 17 heavy (non-hydrogen) atoms. The molecule has 5 nitrogen and oxygen atoms in total. The summed E-state index contributed by atoms with van der Waals surface area (Å²) in [7, 11) is 9.24. The van der Waals surface area contributed by atoms with Crippen molar-refractivity contribution >= 4 is 18.2 Å². The number of likely N-dealkylation sites (N-methyl/N-ethyl adjacent to an activating group) is 1. The zero-order chi connectivity index (χ0) is 13.4. The molecule has 0 saturated carbocycles. The van der Waals surface area contributed by atoms with E-state index in [4.69, 9.17) is 12.2 Å². The van der Waals surface area contributed by atoms with Gasteiger partial charge in [-0.1, -0.05) is 0 Å². The molecule has 1 heterocycles. The molecule has 0 aliphatic carbocycles. The van der Waals surface area contributed by atoms with Crippen molar-refractivity contribution in [2.45, 2.75) is 12.5 Å². The van der Waals surface area contributed by atoms with Crippen LogP contribution in [0.1, 0.15) is 5.69 Å². The fourth-order valence-electron chi connectivity index (χ4n) is 1.79. The Morgan fingerprint density at radius 2 is 2.00 bits per heavy atom. The monoisotopic (exact) mass is 257 g/mol. The van der Waals surface area contributed by atoms with Gasteiger partial charge in [0.05, 0.1) is 27.1 Å². The summed E-state index contributed by atoms with van der Waals surface area (Å²) in [6.07, 6.45) is 2.28. The van der Waals surface area contributed by atoms with Gasteiger partial charge in [0.2, 0.25) is 0 Å². The minimum atomic E-state index is -1.03. The van der Waals surface area contributed by atoms with Crippen molar-refractivity contribution in [1.29, 1.82) is 0 Å². The Morgan fingerprint density at radius 1 is 1.47 bits per heavy atom. The van der Waals surface area contributed by atoms with Crippen LogP contribution < -0.4 is 5.11 Å². The Balaban J connectivity index is 3.07. The lowest BCUT2D eigenvalue weighted by Gasteiger charge is -2.34. The zero-order valence-corrected chi connectivity index (χ0v) is 11.7. The lowest BCUT2D eigenvalue weighted by molar-refractivity contribution is -0.889. The smallest absolute Gasteiger partial charge is 0.179 e. The number of aromatic nitrogens is 2. The van der Waals surface area contributed by atoms with E-state index in [-0.39, 0.29) is 0 Å². The van der Waals surface area contributed by atoms with Gasteiger partial charge in [0.15, 0.2) is 4.77 Å². The number of carboxylic acids is 1. The number of rotatable bonds is 4.